The van der Waals surface area contributed by atoms with E-state index in [2.05, 4.69) is 15.3 Å². The summed E-state index contributed by atoms with van der Waals surface area (Å²) in [7, 11) is 4.89. The molecular formula is C7H7BClN3O. The Morgan fingerprint density at radius 3 is 3.08 bits per heavy atom. The molecule has 1 N–H and O–H groups in total. The quantitative estimate of drug-likeness (QED) is 0.711. The highest BCUT2D eigenvalue weighted by Gasteiger charge is 2.03. The zero-order valence-electron chi connectivity index (χ0n) is 7.04. The number of nitrogens with one attached hydrogen (secondary N) is 1. The van der Waals surface area contributed by atoms with Gasteiger partial charge in [0.2, 0.25) is 7.85 Å². The van der Waals surface area contributed by atoms with Gasteiger partial charge in [0.1, 0.15) is 0 Å². The lowest BCUT2D eigenvalue weighted by Crippen LogP contribution is -2.21. The van der Waals surface area contributed by atoms with E-state index >= 15 is 0 Å². The van der Waals surface area contributed by atoms with Crippen LogP contribution in [-0.4, -0.2) is 23.6 Å². The van der Waals surface area contributed by atoms with Crippen LogP contribution in [0.5, 0.6) is 0 Å². The molecule has 0 aliphatic heterocycles. The molecule has 0 atom stereocenters. The Hall–Kier alpha value is -1.10. The van der Waals surface area contributed by atoms with Gasteiger partial charge in [0, 0.05) is 6.20 Å². The standard InChI is InChI=1S/C7H7BClN3O/c1-4-2-10-6(9)5(12-4)3-11-7(8)13/h2H,3H2,1H3,(H,11,13). The van der Waals surface area contributed by atoms with Crippen LogP contribution in [0.2, 0.25) is 5.15 Å². The molecule has 0 fully saturated rings. The van der Waals surface area contributed by atoms with Crippen LogP contribution in [0.15, 0.2) is 6.20 Å². The van der Waals surface area contributed by atoms with Gasteiger partial charge in [-0.25, -0.2) is 4.98 Å². The monoisotopic (exact) mass is 195 g/mol. The Bertz CT molecular complexity index is 332. The van der Waals surface area contributed by atoms with E-state index in [1.165, 1.54) is 0 Å². The second-order valence-electron chi connectivity index (χ2n) is 2.47. The third kappa shape index (κ3) is 3.03. The van der Waals surface area contributed by atoms with Crippen LogP contribution in [0.4, 0.5) is 4.79 Å². The fourth-order valence-corrected chi connectivity index (χ4v) is 0.954. The highest BCUT2D eigenvalue weighted by Crippen LogP contribution is 2.09. The topological polar surface area (TPSA) is 54.9 Å². The summed E-state index contributed by atoms with van der Waals surface area (Å²) in [5.74, 6) is -0.612. The minimum absolute atomic E-state index is 0.197. The summed E-state index contributed by atoms with van der Waals surface area (Å²) in [6.45, 7) is 1.99. The molecule has 1 aromatic heterocycles. The number of nitrogens with zero attached hydrogens (tertiary/aromatic N) is 2. The molecule has 1 amide bonds. The van der Waals surface area contributed by atoms with Crippen molar-refractivity contribution in [2.75, 3.05) is 0 Å². The highest BCUT2D eigenvalue weighted by atomic mass is 35.5. The van der Waals surface area contributed by atoms with Crippen LogP contribution in [0.25, 0.3) is 0 Å². The Morgan fingerprint density at radius 2 is 2.46 bits per heavy atom. The Morgan fingerprint density at radius 1 is 1.77 bits per heavy atom. The van der Waals surface area contributed by atoms with Crippen LogP contribution in [0, 0.1) is 6.92 Å². The zero-order valence-corrected chi connectivity index (χ0v) is 7.80. The van der Waals surface area contributed by atoms with Gasteiger partial charge in [-0.1, -0.05) is 11.6 Å². The summed E-state index contributed by atoms with van der Waals surface area (Å²) in [5, 5.41) is 2.66. The van der Waals surface area contributed by atoms with Gasteiger partial charge in [-0.3, -0.25) is 9.78 Å². The Labute approximate surface area is 82.1 Å². The SMILES string of the molecule is [B]C(=O)NCc1nc(C)cnc1Cl. The van der Waals surface area contributed by atoms with E-state index in [9.17, 15) is 4.79 Å². The van der Waals surface area contributed by atoms with Crippen molar-refractivity contribution in [3.05, 3.63) is 22.7 Å². The van der Waals surface area contributed by atoms with E-state index in [1.54, 1.807) is 13.1 Å². The van der Waals surface area contributed by atoms with Crippen molar-refractivity contribution in [1.29, 1.82) is 0 Å². The van der Waals surface area contributed by atoms with Crippen molar-refractivity contribution >= 4 is 25.3 Å². The second-order valence-corrected chi connectivity index (χ2v) is 2.82. The number of hydrogen-bond acceptors (Lipinski definition) is 3. The molecule has 0 saturated carbocycles. The number of aryl methyl sites for hydroxylation is 1. The number of halogens is 1. The van der Waals surface area contributed by atoms with Crippen molar-refractivity contribution in [3.63, 3.8) is 0 Å². The molecule has 6 heteroatoms. The summed E-state index contributed by atoms with van der Waals surface area (Å²) in [5.41, 5.74) is 1.26. The normalized spacial score (nSPS) is 9.69. The first-order chi connectivity index (χ1) is 6.09. The first-order valence-corrected chi connectivity index (χ1v) is 3.98. The molecule has 0 spiro atoms. The molecule has 66 valence electrons. The van der Waals surface area contributed by atoms with E-state index in [0.717, 1.165) is 5.69 Å². The number of hydrogen-bond donors (Lipinski definition) is 1. The number of amides is 1. The molecule has 0 saturated heterocycles. The molecule has 13 heavy (non-hydrogen) atoms. The van der Waals surface area contributed by atoms with E-state index in [0.29, 0.717) is 5.69 Å². The van der Waals surface area contributed by atoms with E-state index in [-0.39, 0.29) is 11.7 Å². The molecule has 0 aliphatic carbocycles. The predicted octanol–water partition coefficient (Wildman–Crippen LogP) is 0.817. The minimum Gasteiger partial charge on any atom is -0.360 e. The van der Waals surface area contributed by atoms with Gasteiger partial charge in [0.05, 0.1) is 17.9 Å². The molecule has 0 aromatic carbocycles. The van der Waals surface area contributed by atoms with E-state index < -0.39 is 5.81 Å². The van der Waals surface area contributed by atoms with Crippen LogP contribution in [0.3, 0.4) is 0 Å². The third-order valence-electron chi connectivity index (χ3n) is 1.34. The molecule has 0 aliphatic rings. The molecule has 0 bridgehead atoms. The number of carbonyl (C=O) groups excluding carboxylic acids is 1. The second kappa shape index (κ2) is 4.23. The van der Waals surface area contributed by atoms with Crippen molar-refractivity contribution < 1.29 is 4.79 Å². The summed E-state index contributed by atoms with van der Waals surface area (Å²) < 4.78 is 0. The smallest absolute Gasteiger partial charge is 0.200 e. The average Bonchev–Trinajstić information content (AvgIpc) is 2.06. The third-order valence-corrected chi connectivity index (χ3v) is 1.66. The summed E-state index contributed by atoms with van der Waals surface area (Å²) in [6, 6.07) is 0. The van der Waals surface area contributed by atoms with Crippen LogP contribution in [0.1, 0.15) is 11.4 Å². The Kier molecular flexibility index (Phi) is 3.25. The number of aromatic nitrogens is 2. The fraction of sp³-hybridized carbons (Fsp3) is 0.286. The molecule has 1 rings (SSSR count). The number of rotatable bonds is 2. The summed E-state index contributed by atoms with van der Waals surface area (Å²) in [6.07, 6.45) is 1.55. The zero-order chi connectivity index (χ0) is 9.84. The van der Waals surface area contributed by atoms with Crippen molar-refractivity contribution in [1.82, 2.24) is 15.3 Å². The van der Waals surface area contributed by atoms with Crippen molar-refractivity contribution in [2.24, 2.45) is 0 Å². The molecule has 2 radical (unpaired) electrons. The maximum absolute atomic E-state index is 10.4. The molecule has 1 aromatic rings. The van der Waals surface area contributed by atoms with Crippen LogP contribution < -0.4 is 5.32 Å². The fourth-order valence-electron chi connectivity index (χ4n) is 0.796. The van der Waals surface area contributed by atoms with Crippen LogP contribution >= 0.6 is 11.6 Å². The first kappa shape index (κ1) is 9.99. The van der Waals surface area contributed by atoms with Gasteiger partial charge in [-0.05, 0) is 6.92 Å². The summed E-state index contributed by atoms with van der Waals surface area (Å²) >= 11 is 5.71. The summed E-state index contributed by atoms with van der Waals surface area (Å²) in [4.78, 5) is 18.3. The number of carbonyl (C=O) groups is 1. The lowest BCUT2D eigenvalue weighted by atomic mass is 10.1. The van der Waals surface area contributed by atoms with Gasteiger partial charge in [0.25, 0.3) is 0 Å². The molecule has 4 nitrogen and oxygen atoms in total. The Balaban J connectivity index is 2.75. The maximum Gasteiger partial charge on any atom is 0.200 e. The maximum atomic E-state index is 10.4. The molecule has 1 heterocycles. The van der Waals surface area contributed by atoms with Gasteiger partial charge >= 0.3 is 0 Å². The molecular weight excluding hydrogens is 188 g/mol. The van der Waals surface area contributed by atoms with Crippen molar-refractivity contribution in [3.8, 4) is 0 Å². The van der Waals surface area contributed by atoms with Crippen LogP contribution in [-0.2, 0) is 6.54 Å². The highest BCUT2D eigenvalue weighted by molar-refractivity contribution is 6.57. The van der Waals surface area contributed by atoms with Gasteiger partial charge in [0.15, 0.2) is 11.0 Å². The van der Waals surface area contributed by atoms with E-state index in [1.807, 2.05) is 0 Å². The lowest BCUT2D eigenvalue weighted by Gasteiger charge is -2.03. The lowest BCUT2D eigenvalue weighted by molar-refractivity contribution is 0.259. The largest absolute Gasteiger partial charge is 0.360 e. The minimum atomic E-state index is -0.612. The predicted molar refractivity (Wildman–Crippen MR) is 49.8 cm³/mol. The average molecular weight is 195 g/mol. The van der Waals surface area contributed by atoms with E-state index in [4.69, 9.17) is 19.4 Å². The van der Waals surface area contributed by atoms with Gasteiger partial charge in [-0.15, -0.1) is 0 Å². The first-order valence-electron chi connectivity index (χ1n) is 3.61. The van der Waals surface area contributed by atoms with Gasteiger partial charge in [-0.2, -0.15) is 0 Å². The van der Waals surface area contributed by atoms with Gasteiger partial charge < -0.3 is 5.32 Å². The van der Waals surface area contributed by atoms with Crippen molar-refractivity contribution in [2.45, 2.75) is 13.5 Å². The molecule has 0 unspecified atom stereocenters.